The molecule has 4 heteroatoms. The molecule has 0 atom stereocenters. The van der Waals surface area contributed by atoms with Gasteiger partial charge in [-0.05, 0) is 42.2 Å². The third-order valence-electron chi connectivity index (χ3n) is 4.28. The second-order valence-electron chi connectivity index (χ2n) is 7.26. The second kappa shape index (κ2) is 8.99. The number of esters is 1. The Kier molecular flexibility index (Phi) is 7.64. The van der Waals surface area contributed by atoms with Gasteiger partial charge in [0.15, 0.2) is 8.32 Å². The van der Waals surface area contributed by atoms with Gasteiger partial charge in [0.2, 0.25) is 0 Å². The topological polar surface area (TPSA) is 35.5 Å². The molecule has 132 valence electrons. The van der Waals surface area contributed by atoms with Gasteiger partial charge < -0.3 is 9.16 Å². The number of ether oxygens (including phenoxy) is 1. The number of benzene rings is 1. The van der Waals surface area contributed by atoms with Crippen LogP contribution in [-0.4, -0.2) is 20.9 Å². The van der Waals surface area contributed by atoms with E-state index in [1.807, 2.05) is 24.3 Å². The van der Waals surface area contributed by atoms with Gasteiger partial charge in [-0.3, -0.25) is 0 Å². The average molecular weight is 347 g/mol. The van der Waals surface area contributed by atoms with E-state index in [-0.39, 0.29) is 11.0 Å². The van der Waals surface area contributed by atoms with Crippen LogP contribution in [0.15, 0.2) is 42.5 Å². The Balaban J connectivity index is 2.66. The predicted octanol–water partition coefficient (Wildman–Crippen LogP) is 5.34. The van der Waals surface area contributed by atoms with E-state index in [1.54, 1.807) is 13.0 Å². The number of carbonyl (C=O) groups excluding carboxylic acids is 1. The van der Waals surface area contributed by atoms with Crippen molar-refractivity contribution in [1.29, 1.82) is 0 Å². The zero-order chi connectivity index (χ0) is 18.2. The van der Waals surface area contributed by atoms with E-state index in [9.17, 15) is 4.79 Å². The van der Waals surface area contributed by atoms with Crippen molar-refractivity contribution in [1.82, 2.24) is 0 Å². The first-order valence-electron chi connectivity index (χ1n) is 8.40. The smallest absolute Gasteiger partial charge is 0.330 e. The molecule has 0 amide bonds. The Morgan fingerprint density at radius 1 is 1.21 bits per heavy atom. The number of rotatable bonds is 7. The highest BCUT2D eigenvalue weighted by atomic mass is 28.4. The number of carbonyl (C=O) groups is 1. The summed E-state index contributed by atoms with van der Waals surface area (Å²) in [4.78, 5) is 11.2. The molecule has 0 heterocycles. The molecule has 1 rings (SSSR count). The van der Waals surface area contributed by atoms with Crippen LogP contribution < -0.4 is 0 Å². The molecule has 0 saturated carbocycles. The van der Waals surface area contributed by atoms with E-state index >= 15 is 0 Å². The molecule has 0 spiro atoms. The van der Waals surface area contributed by atoms with E-state index < -0.39 is 8.32 Å². The Morgan fingerprint density at radius 2 is 1.92 bits per heavy atom. The van der Waals surface area contributed by atoms with E-state index in [1.165, 1.54) is 6.08 Å². The van der Waals surface area contributed by atoms with Crippen LogP contribution in [0.2, 0.25) is 18.1 Å². The van der Waals surface area contributed by atoms with Crippen LogP contribution >= 0.6 is 0 Å². The second-order valence-corrected chi connectivity index (χ2v) is 12.1. The Bertz CT molecular complexity index is 595. The number of hydrogen-bond acceptors (Lipinski definition) is 3. The minimum atomic E-state index is -1.74. The van der Waals surface area contributed by atoms with Crippen LogP contribution in [0.25, 0.3) is 6.08 Å². The molecule has 0 bridgehead atoms. The summed E-state index contributed by atoms with van der Waals surface area (Å²) in [7, 11) is -1.74. The SMILES string of the molecule is CCOC(=O)C=CC=Cc1cccc(CO[Si](C)(C)C(C)(C)C)c1. The zero-order valence-electron chi connectivity index (χ0n) is 15.8. The van der Waals surface area contributed by atoms with Gasteiger partial charge in [0.05, 0.1) is 13.2 Å². The molecule has 0 aliphatic heterocycles. The summed E-state index contributed by atoms with van der Waals surface area (Å²) >= 11 is 0. The van der Waals surface area contributed by atoms with E-state index in [0.717, 1.165) is 11.1 Å². The highest BCUT2D eigenvalue weighted by Gasteiger charge is 2.36. The molecule has 1 aromatic carbocycles. The lowest BCUT2D eigenvalue weighted by molar-refractivity contribution is -0.137. The van der Waals surface area contributed by atoms with E-state index in [2.05, 4.69) is 46.0 Å². The summed E-state index contributed by atoms with van der Waals surface area (Å²) in [6.45, 7) is 14.1. The number of hydrogen-bond donors (Lipinski definition) is 0. The van der Waals surface area contributed by atoms with Crippen molar-refractivity contribution in [2.24, 2.45) is 0 Å². The van der Waals surface area contributed by atoms with Crippen molar-refractivity contribution in [2.75, 3.05) is 6.61 Å². The normalized spacial score (nSPS) is 12.9. The molecule has 0 unspecified atom stereocenters. The summed E-state index contributed by atoms with van der Waals surface area (Å²) in [5.74, 6) is -0.321. The largest absolute Gasteiger partial charge is 0.463 e. The summed E-state index contributed by atoms with van der Waals surface area (Å²) in [6, 6.07) is 8.25. The Labute approximate surface area is 147 Å². The number of allylic oxidation sites excluding steroid dienone is 2. The van der Waals surface area contributed by atoms with Crippen LogP contribution in [0.3, 0.4) is 0 Å². The van der Waals surface area contributed by atoms with Gasteiger partial charge in [-0.25, -0.2) is 4.79 Å². The van der Waals surface area contributed by atoms with Gasteiger partial charge in [0, 0.05) is 6.08 Å². The summed E-state index contributed by atoms with van der Waals surface area (Å²) in [5, 5.41) is 0.211. The van der Waals surface area contributed by atoms with Crippen LogP contribution in [0.5, 0.6) is 0 Å². The minimum Gasteiger partial charge on any atom is -0.463 e. The van der Waals surface area contributed by atoms with Gasteiger partial charge in [-0.1, -0.05) is 57.2 Å². The molecular formula is C20H30O3Si. The molecule has 0 aromatic heterocycles. The van der Waals surface area contributed by atoms with Crippen LogP contribution in [0, 0.1) is 0 Å². The first kappa shape index (κ1) is 20.4. The van der Waals surface area contributed by atoms with Crippen molar-refractivity contribution in [3.8, 4) is 0 Å². The summed E-state index contributed by atoms with van der Waals surface area (Å²) in [6.07, 6.45) is 6.91. The van der Waals surface area contributed by atoms with Crippen molar-refractivity contribution < 1.29 is 14.0 Å². The van der Waals surface area contributed by atoms with Gasteiger partial charge in [-0.2, -0.15) is 0 Å². The fourth-order valence-corrected chi connectivity index (χ4v) is 2.72. The van der Waals surface area contributed by atoms with Crippen LogP contribution in [0.1, 0.15) is 38.8 Å². The van der Waals surface area contributed by atoms with Crippen LogP contribution in [-0.2, 0) is 20.6 Å². The fourth-order valence-electron chi connectivity index (χ4n) is 1.76. The maximum absolute atomic E-state index is 11.2. The maximum Gasteiger partial charge on any atom is 0.330 e. The quantitative estimate of drug-likeness (QED) is 0.289. The monoisotopic (exact) mass is 346 g/mol. The summed E-state index contributed by atoms with van der Waals surface area (Å²) < 4.78 is 11.1. The van der Waals surface area contributed by atoms with Crippen molar-refractivity contribution >= 4 is 20.4 Å². The zero-order valence-corrected chi connectivity index (χ0v) is 16.8. The lowest BCUT2D eigenvalue weighted by Crippen LogP contribution is -2.40. The van der Waals surface area contributed by atoms with Crippen molar-refractivity contribution in [3.05, 3.63) is 53.6 Å². The fraction of sp³-hybridized carbons (Fsp3) is 0.450. The first-order valence-corrected chi connectivity index (χ1v) is 11.3. The molecule has 1 aromatic rings. The third kappa shape index (κ3) is 6.85. The first-order chi connectivity index (χ1) is 11.2. The van der Waals surface area contributed by atoms with Gasteiger partial charge in [0.25, 0.3) is 0 Å². The van der Waals surface area contributed by atoms with E-state index in [0.29, 0.717) is 13.2 Å². The van der Waals surface area contributed by atoms with Crippen molar-refractivity contribution in [3.63, 3.8) is 0 Å². The van der Waals surface area contributed by atoms with E-state index in [4.69, 9.17) is 9.16 Å². The minimum absolute atomic E-state index is 0.211. The molecule has 3 nitrogen and oxygen atoms in total. The standard InChI is InChI=1S/C20H30O3Si/c1-7-22-19(21)14-9-8-11-17-12-10-13-18(15-17)16-23-24(5,6)20(2,3)4/h8-15H,7,16H2,1-6H3. The molecule has 24 heavy (non-hydrogen) atoms. The lowest BCUT2D eigenvalue weighted by Gasteiger charge is -2.36. The molecule has 0 N–H and O–H groups in total. The van der Waals surface area contributed by atoms with Crippen LogP contribution in [0.4, 0.5) is 0 Å². The molecule has 0 radical (unpaired) electrons. The van der Waals surface area contributed by atoms with Gasteiger partial charge in [-0.15, -0.1) is 0 Å². The van der Waals surface area contributed by atoms with Gasteiger partial charge in [0.1, 0.15) is 0 Å². The Morgan fingerprint density at radius 3 is 2.54 bits per heavy atom. The third-order valence-corrected chi connectivity index (χ3v) is 8.75. The Hall–Kier alpha value is -1.65. The average Bonchev–Trinajstić information content (AvgIpc) is 2.49. The highest BCUT2D eigenvalue weighted by Crippen LogP contribution is 2.37. The molecule has 0 aliphatic rings. The highest BCUT2D eigenvalue weighted by molar-refractivity contribution is 6.74. The molecule has 0 fully saturated rings. The maximum atomic E-state index is 11.2. The van der Waals surface area contributed by atoms with Crippen molar-refractivity contribution in [2.45, 2.75) is 52.4 Å². The molecule has 0 aliphatic carbocycles. The molecule has 0 saturated heterocycles. The lowest BCUT2D eigenvalue weighted by atomic mass is 10.1. The molecular weight excluding hydrogens is 316 g/mol. The predicted molar refractivity (Wildman–Crippen MR) is 103 cm³/mol. The van der Waals surface area contributed by atoms with Gasteiger partial charge >= 0.3 is 5.97 Å². The summed E-state index contributed by atoms with van der Waals surface area (Å²) in [5.41, 5.74) is 2.25.